The number of pyridine rings is 1. The molecule has 2 atom stereocenters. The van der Waals surface area contributed by atoms with E-state index in [2.05, 4.69) is 40.4 Å². The summed E-state index contributed by atoms with van der Waals surface area (Å²) in [5.41, 5.74) is 1.02. The summed E-state index contributed by atoms with van der Waals surface area (Å²) in [6.07, 6.45) is 5.62. The van der Waals surface area contributed by atoms with Gasteiger partial charge in [-0.15, -0.1) is 0 Å². The second-order valence-corrected chi connectivity index (χ2v) is 13.4. The first kappa shape index (κ1) is 21.4. The van der Waals surface area contributed by atoms with Crippen LogP contribution >= 0.6 is 0 Å². The van der Waals surface area contributed by atoms with Crippen molar-refractivity contribution >= 4 is 14.4 Å². The number of carbonyl (C=O) groups is 1. The first-order valence-electron chi connectivity index (χ1n) is 9.43. The van der Waals surface area contributed by atoms with Crippen molar-refractivity contribution in [2.24, 2.45) is 0 Å². The normalized spacial score (nSPS) is 20.6. The standard InChI is InChI=1S/C20H32N2O4Si/c1-7-12-25-19(23)22-15-18(26-27(5,6)20(2,3)4)14-17(22)13-16-8-10-21(24)11-9-16/h7-11,17-18H,1,12-15H2,2-6H3/t17-,18-/m1/s1. The third-order valence-corrected chi connectivity index (χ3v) is 10.1. The van der Waals surface area contributed by atoms with Gasteiger partial charge in [0.1, 0.15) is 6.61 Å². The van der Waals surface area contributed by atoms with Crippen LogP contribution in [-0.2, 0) is 15.6 Å². The highest BCUT2D eigenvalue weighted by Crippen LogP contribution is 2.39. The largest absolute Gasteiger partial charge is 0.619 e. The fourth-order valence-electron chi connectivity index (χ4n) is 3.03. The highest BCUT2D eigenvalue weighted by atomic mass is 28.4. The third-order valence-electron chi connectivity index (χ3n) is 5.55. The van der Waals surface area contributed by atoms with Gasteiger partial charge in [-0.25, -0.2) is 4.79 Å². The van der Waals surface area contributed by atoms with Crippen molar-refractivity contribution in [1.29, 1.82) is 0 Å². The Kier molecular flexibility index (Phi) is 6.70. The second-order valence-electron chi connectivity index (χ2n) is 8.68. The molecular formula is C20H32N2O4Si. The van der Waals surface area contributed by atoms with Crippen molar-refractivity contribution in [3.8, 4) is 0 Å². The molecule has 1 saturated heterocycles. The Hall–Kier alpha value is -1.86. The molecule has 0 unspecified atom stereocenters. The summed E-state index contributed by atoms with van der Waals surface area (Å²) in [7, 11) is -1.93. The maximum absolute atomic E-state index is 12.5. The van der Waals surface area contributed by atoms with Gasteiger partial charge in [0, 0.05) is 24.7 Å². The molecule has 1 aliphatic heterocycles. The molecule has 0 saturated carbocycles. The van der Waals surface area contributed by atoms with E-state index < -0.39 is 8.32 Å². The van der Waals surface area contributed by atoms with Gasteiger partial charge in [-0.1, -0.05) is 33.4 Å². The van der Waals surface area contributed by atoms with Gasteiger partial charge in [0.2, 0.25) is 0 Å². The van der Waals surface area contributed by atoms with Crippen molar-refractivity contribution < 1.29 is 18.7 Å². The highest BCUT2D eigenvalue weighted by molar-refractivity contribution is 6.74. The zero-order chi connectivity index (χ0) is 20.2. The summed E-state index contributed by atoms with van der Waals surface area (Å²) in [5, 5.41) is 11.4. The average molecular weight is 393 g/mol. The Morgan fingerprint density at radius 2 is 2.04 bits per heavy atom. The molecule has 1 aromatic rings. The van der Waals surface area contributed by atoms with Crippen molar-refractivity contribution in [2.45, 2.75) is 63.9 Å². The van der Waals surface area contributed by atoms with Crippen LogP contribution in [-0.4, -0.2) is 44.6 Å². The van der Waals surface area contributed by atoms with Gasteiger partial charge in [0.15, 0.2) is 20.7 Å². The molecule has 2 heterocycles. The lowest BCUT2D eigenvalue weighted by molar-refractivity contribution is -0.605. The highest BCUT2D eigenvalue weighted by Gasteiger charge is 2.43. The van der Waals surface area contributed by atoms with Crippen molar-refractivity contribution in [1.82, 2.24) is 4.90 Å². The minimum absolute atomic E-state index is 0.000305. The summed E-state index contributed by atoms with van der Waals surface area (Å²) in [6.45, 7) is 15.4. The van der Waals surface area contributed by atoms with Gasteiger partial charge in [-0.2, -0.15) is 4.73 Å². The van der Waals surface area contributed by atoms with Crippen molar-refractivity contribution in [3.63, 3.8) is 0 Å². The zero-order valence-electron chi connectivity index (χ0n) is 17.1. The van der Waals surface area contributed by atoms with E-state index in [-0.39, 0.29) is 29.9 Å². The van der Waals surface area contributed by atoms with Gasteiger partial charge in [-0.3, -0.25) is 0 Å². The molecule has 0 bridgehead atoms. The van der Waals surface area contributed by atoms with E-state index in [0.717, 1.165) is 16.7 Å². The molecular weight excluding hydrogens is 360 g/mol. The SMILES string of the molecule is C=CCOC(=O)N1C[C@H](O[Si](C)(C)C(C)(C)C)C[C@H]1Cc1cc[n+]([O-])cc1. The third kappa shape index (κ3) is 5.56. The number of carbonyl (C=O) groups excluding carboxylic acids is 1. The predicted molar refractivity (Wildman–Crippen MR) is 108 cm³/mol. The molecule has 2 rings (SSSR count). The molecule has 0 aliphatic carbocycles. The summed E-state index contributed by atoms with van der Waals surface area (Å²) < 4.78 is 12.6. The topological polar surface area (TPSA) is 65.7 Å². The number of amides is 1. The Morgan fingerprint density at radius 1 is 1.41 bits per heavy atom. The van der Waals surface area contributed by atoms with Gasteiger partial charge < -0.3 is 19.3 Å². The van der Waals surface area contributed by atoms with E-state index in [1.54, 1.807) is 23.1 Å². The van der Waals surface area contributed by atoms with Gasteiger partial charge in [0.25, 0.3) is 0 Å². The maximum Gasteiger partial charge on any atom is 0.410 e. The van der Waals surface area contributed by atoms with Crippen molar-refractivity contribution in [2.75, 3.05) is 13.2 Å². The minimum atomic E-state index is -1.93. The van der Waals surface area contributed by atoms with E-state index in [9.17, 15) is 10.0 Å². The molecule has 0 aromatic carbocycles. The Labute approximate surface area is 163 Å². The van der Waals surface area contributed by atoms with E-state index in [1.807, 2.05) is 0 Å². The van der Waals surface area contributed by atoms with Crippen LogP contribution in [0.3, 0.4) is 0 Å². The summed E-state index contributed by atoms with van der Waals surface area (Å²) in [5.74, 6) is 0. The minimum Gasteiger partial charge on any atom is -0.619 e. The van der Waals surface area contributed by atoms with E-state index in [1.165, 1.54) is 12.4 Å². The van der Waals surface area contributed by atoms with E-state index >= 15 is 0 Å². The molecule has 0 spiro atoms. The fourth-order valence-corrected chi connectivity index (χ4v) is 4.39. The number of rotatable bonds is 6. The predicted octanol–water partition coefficient (Wildman–Crippen LogP) is 3.65. The molecule has 150 valence electrons. The summed E-state index contributed by atoms with van der Waals surface area (Å²) in [4.78, 5) is 14.3. The smallest absolute Gasteiger partial charge is 0.410 e. The van der Waals surface area contributed by atoms with Crippen LogP contribution in [0.1, 0.15) is 32.8 Å². The molecule has 7 heteroatoms. The lowest BCUT2D eigenvalue weighted by Gasteiger charge is -2.38. The maximum atomic E-state index is 12.5. The van der Waals surface area contributed by atoms with Crippen LogP contribution in [0, 0.1) is 5.21 Å². The van der Waals surface area contributed by atoms with Gasteiger partial charge >= 0.3 is 6.09 Å². The second kappa shape index (κ2) is 8.44. The molecule has 0 N–H and O–H groups in total. The van der Waals surface area contributed by atoms with Gasteiger partial charge in [-0.05, 0) is 36.5 Å². The molecule has 1 aromatic heterocycles. The summed E-state index contributed by atoms with van der Waals surface area (Å²) >= 11 is 0. The quantitative estimate of drug-likeness (QED) is 0.321. The zero-order valence-corrected chi connectivity index (χ0v) is 18.1. The first-order chi connectivity index (χ1) is 12.5. The lowest BCUT2D eigenvalue weighted by Crippen LogP contribution is -2.44. The number of hydrogen-bond donors (Lipinski definition) is 0. The number of hydrogen-bond acceptors (Lipinski definition) is 4. The van der Waals surface area contributed by atoms with E-state index in [4.69, 9.17) is 9.16 Å². The Bertz CT molecular complexity index is 655. The number of likely N-dealkylation sites (tertiary alicyclic amines) is 1. The molecule has 1 amide bonds. The number of ether oxygens (including phenoxy) is 1. The number of aromatic nitrogens is 1. The van der Waals surface area contributed by atoms with Crippen LogP contribution in [0.25, 0.3) is 0 Å². The summed E-state index contributed by atoms with van der Waals surface area (Å²) in [6, 6.07) is 3.57. The fraction of sp³-hybridized carbons (Fsp3) is 0.600. The van der Waals surface area contributed by atoms with Crippen LogP contribution in [0.4, 0.5) is 4.79 Å². The lowest BCUT2D eigenvalue weighted by atomic mass is 10.0. The van der Waals surface area contributed by atoms with Crippen LogP contribution in [0.2, 0.25) is 18.1 Å². The monoisotopic (exact) mass is 392 g/mol. The van der Waals surface area contributed by atoms with Crippen LogP contribution in [0.15, 0.2) is 37.2 Å². The van der Waals surface area contributed by atoms with Crippen LogP contribution in [0.5, 0.6) is 0 Å². The average Bonchev–Trinajstić information content (AvgIpc) is 2.95. The molecule has 1 fully saturated rings. The molecule has 27 heavy (non-hydrogen) atoms. The van der Waals surface area contributed by atoms with Crippen molar-refractivity contribution in [3.05, 3.63) is 48.0 Å². The molecule has 6 nitrogen and oxygen atoms in total. The Balaban J connectivity index is 2.14. The molecule has 1 aliphatic rings. The van der Waals surface area contributed by atoms with Gasteiger partial charge in [0.05, 0.1) is 6.10 Å². The van der Waals surface area contributed by atoms with E-state index in [0.29, 0.717) is 13.0 Å². The Morgan fingerprint density at radius 3 is 2.59 bits per heavy atom. The first-order valence-corrected chi connectivity index (χ1v) is 12.3. The molecule has 0 radical (unpaired) electrons. The van der Waals surface area contributed by atoms with Crippen LogP contribution < -0.4 is 4.73 Å². The number of nitrogens with zero attached hydrogens (tertiary/aromatic N) is 2.